The first-order valence-electron chi connectivity index (χ1n) is 10.1. The highest BCUT2D eigenvalue weighted by Crippen LogP contribution is 2.52. The highest BCUT2D eigenvalue weighted by Gasteiger charge is 2.48. The van der Waals surface area contributed by atoms with Crippen molar-refractivity contribution in [1.29, 1.82) is 0 Å². The van der Waals surface area contributed by atoms with Crippen LogP contribution < -0.4 is 9.47 Å². The van der Waals surface area contributed by atoms with E-state index in [-0.39, 0.29) is 53.6 Å². The third-order valence-electron chi connectivity index (χ3n) is 6.16. The topological polar surface area (TPSA) is 157 Å². The standard InChI is InChI=1S/C21H15FN2O10/c1-8(25)34-20-11-5-16-15(32-7-33-16)4-10(11)17-9(2-12-13(20)6-31-21(12)26)3-14(23(27)28)18(22)19(17)24(29)30/h3-5,12-13,20H,2,6-7H2,1H3/t12-,13+,20+/m1/s1. The number of hydrogen-bond acceptors (Lipinski definition) is 10. The van der Waals surface area contributed by atoms with Crippen LogP contribution in [0, 0.1) is 37.9 Å². The zero-order chi connectivity index (χ0) is 24.3. The normalized spacial score (nSPS) is 21.9. The second kappa shape index (κ2) is 7.64. The molecule has 0 amide bonds. The molecule has 0 spiro atoms. The number of carbonyl (C=O) groups excluding carboxylic acids is 2. The lowest BCUT2D eigenvalue weighted by atomic mass is 9.75. The molecule has 0 radical (unpaired) electrons. The van der Waals surface area contributed by atoms with E-state index in [0.717, 1.165) is 13.0 Å². The summed E-state index contributed by atoms with van der Waals surface area (Å²) in [6.07, 6.45) is -1.32. The van der Waals surface area contributed by atoms with Gasteiger partial charge in [0.25, 0.3) is 5.82 Å². The number of cyclic esters (lactones) is 1. The molecule has 0 aromatic heterocycles. The summed E-state index contributed by atoms with van der Waals surface area (Å²) in [6.45, 7) is 0.904. The molecule has 2 aliphatic heterocycles. The predicted molar refractivity (Wildman–Crippen MR) is 107 cm³/mol. The third-order valence-corrected chi connectivity index (χ3v) is 6.16. The number of nitro groups is 2. The van der Waals surface area contributed by atoms with Gasteiger partial charge in [0.15, 0.2) is 11.5 Å². The van der Waals surface area contributed by atoms with Crippen LogP contribution >= 0.6 is 0 Å². The van der Waals surface area contributed by atoms with E-state index in [4.69, 9.17) is 18.9 Å². The number of carbonyl (C=O) groups is 2. The number of rotatable bonds is 3. The molecule has 2 aromatic rings. The molecule has 0 unspecified atom stereocenters. The second-order valence-electron chi connectivity index (χ2n) is 8.03. The summed E-state index contributed by atoms with van der Waals surface area (Å²) in [7, 11) is 0. The van der Waals surface area contributed by atoms with Crippen molar-refractivity contribution in [2.24, 2.45) is 11.8 Å². The summed E-state index contributed by atoms with van der Waals surface area (Å²) >= 11 is 0. The molecule has 34 heavy (non-hydrogen) atoms. The van der Waals surface area contributed by atoms with Gasteiger partial charge in [-0.25, -0.2) is 0 Å². The fourth-order valence-corrected chi connectivity index (χ4v) is 4.77. The Bertz CT molecular complexity index is 1290. The Morgan fingerprint density at radius 2 is 1.82 bits per heavy atom. The molecule has 1 aliphatic carbocycles. The lowest BCUT2D eigenvalue weighted by molar-refractivity contribution is -0.398. The molecule has 1 saturated heterocycles. The van der Waals surface area contributed by atoms with Gasteiger partial charge < -0.3 is 18.9 Å². The Kier molecular flexibility index (Phi) is 4.84. The first-order valence-corrected chi connectivity index (χ1v) is 10.1. The molecule has 3 aliphatic rings. The number of halogens is 1. The van der Waals surface area contributed by atoms with Crippen molar-refractivity contribution in [3.8, 4) is 22.6 Å². The van der Waals surface area contributed by atoms with Crippen molar-refractivity contribution in [3.05, 3.63) is 55.4 Å². The summed E-state index contributed by atoms with van der Waals surface area (Å²) < 4.78 is 36.6. The number of esters is 2. The van der Waals surface area contributed by atoms with Gasteiger partial charge in [-0.05, 0) is 29.7 Å². The lowest BCUT2D eigenvalue weighted by Gasteiger charge is -2.30. The number of benzene rings is 2. The van der Waals surface area contributed by atoms with Crippen LogP contribution in [0.25, 0.3) is 11.1 Å². The lowest BCUT2D eigenvalue weighted by Crippen LogP contribution is -2.29. The van der Waals surface area contributed by atoms with Gasteiger partial charge in [-0.2, -0.15) is 4.39 Å². The van der Waals surface area contributed by atoms with Gasteiger partial charge in [0, 0.05) is 24.5 Å². The maximum absolute atomic E-state index is 15.1. The van der Waals surface area contributed by atoms with E-state index in [1.807, 2.05) is 0 Å². The number of ether oxygens (including phenoxy) is 4. The molecule has 0 bridgehead atoms. The molecule has 176 valence electrons. The Morgan fingerprint density at radius 1 is 1.12 bits per heavy atom. The summed E-state index contributed by atoms with van der Waals surface area (Å²) in [5, 5.41) is 23.4. The van der Waals surface area contributed by atoms with Crippen LogP contribution in [-0.2, 0) is 25.5 Å². The number of fused-ring (bicyclic) bond motifs is 5. The van der Waals surface area contributed by atoms with Gasteiger partial charge in [-0.1, -0.05) is 0 Å². The van der Waals surface area contributed by atoms with E-state index < -0.39 is 56.9 Å². The summed E-state index contributed by atoms with van der Waals surface area (Å²) in [5.41, 5.74) is -2.20. The van der Waals surface area contributed by atoms with Crippen molar-refractivity contribution in [2.75, 3.05) is 13.4 Å². The van der Waals surface area contributed by atoms with Gasteiger partial charge in [0.05, 0.1) is 27.9 Å². The van der Waals surface area contributed by atoms with Crippen LogP contribution in [0.3, 0.4) is 0 Å². The molecule has 1 fully saturated rings. The second-order valence-corrected chi connectivity index (χ2v) is 8.03. The maximum Gasteiger partial charge on any atom is 0.320 e. The van der Waals surface area contributed by atoms with E-state index >= 15 is 4.39 Å². The highest BCUT2D eigenvalue weighted by molar-refractivity contribution is 5.86. The van der Waals surface area contributed by atoms with E-state index in [1.165, 1.54) is 12.1 Å². The number of hydrogen-bond donors (Lipinski definition) is 0. The van der Waals surface area contributed by atoms with Gasteiger partial charge in [-0.15, -0.1) is 0 Å². The molecule has 0 saturated carbocycles. The predicted octanol–water partition coefficient (Wildman–Crippen LogP) is 2.99. The Balaban J connectivity index is 1.90. The van der Waals surface area contributed by atoms with E-state index in [0.29, 0.717) is 0 Å². The van der Waals surface area contributed by atoms with Crippen LogP contribution in [0.1, 0.15) is 24.2 Å². The van der Waals surface area contributed by atoms with Crippen molar-refractivity contribution >= 4 is 23.3 Å². The highest BCUT2D eigenvalue weighted by atomic mass is 19.1. The molecule has 3 atom stereocenters. The number of nitrogens with zero attached hydrogens (tertiary/aromatic N) is 2. The van der Waals surface area contributed by atoms with Crippen LogP contribution in [0.2, 0.25) is 0 Å². The van der Waals surface area contributed by atoms with Crippen LogP contribution in [0.4, 0.5) is 15.8 Å². The monoisotopic (exact) mass is 474 g/mol. The van der Waals surface area contributed by atoms with Crippen molar-refractivity contribution in [2.45, 2.75) is 19.4 Å². The van der Waals surface area contributed by atoms with Crippen molar-refractivity contribution < 1.29 is 42.8 Å². The fourth-order valence-electron chi connectivity index (χ4n) is 4.77. The smallest absolute Gasteiger partial charge is 0.320 e. The molecule has 13 heteroatoms. The molecule has 2 heterocycles. The fraction of sp³-hybridized carbons (Fsp3) is 0.333. The van der Waals surface area contributed by atoms with Crippen molar-refractivity contribution in [1.82, 2.24) is 0 Å². The van der Waals surface area contributed by atoms with Crippen LogP contribution in [-0.4, -0.2) is 35.2 Å². The maximum atomic E-state index is 15.1. The van der Waals surface area contributed by atoms with Crippen LogP contribution in [0.15, 0.2) is 18.2 Å². The summed E-state index contributed by atoms with van der Waals surface area (Å²) in [6, 6.07) is 3.72. The summed E-state index contributed by atoms with van der Waals surface area (Å²) in [5.74, 6) is -4.17. The SMILES string of the molecule is CC(=O)O[C@H]1c2cc3c(cc2-c2c(cc([N+](=O)[O-])c(F)c2[N+](=O)[O-])C[C@H]2C(=O)OC[C@@H]21)OCO3. The molecular formula is C21H15FN2O10. The first-order chi connectivity index (χ1) is 16.2. The Hall–Kier alpha value is -4.29. The zero-order valence-corrected chi connectivity index (χ0v) is 17.4. The first kappa shape index (κ1) is 21.6. The number of nitro benzene ring substituents is 2. The minimum absolute atomic E-state index is 0.00930. The minimum Gasteiger partial charge on any atom is -0.465 e. The minimum atomic E-state index is -1.63. The third kappa shape index (κ3) is 3.19. The van der Waals surface area contributed by atoms with Crippen LogP contribution in [0.5, 0.6) is 11.5 Å². The summed E-state index contributed by atoms with van der Waals surface area (Å²) in [4.78, 5) is 45.9. The largest absolute Gasteiger partial charge is 0.465 e. The van der Waals surface area contributed by atoms with Gasteiger partial charge >= 0.3 is 23.3 Å². The van der Waals surface area contributed by atoms with Gasteiger partial charge in [-0.3, -0.25) is 29.8 Å². The Labute approximate surface area is 189 Å². The molecule has 2 aromatic carbocycles. The Morgan fingerprint density at radius 3 is 2.47 bits per heavy atom. The molecule has 5 rings (SSSR count). The van der Waals surface area contributed by atoms with Gasteiger partial charge in [0.2, 0.25) is 6.79 Å². The quantitative estimate of drug-likeness (QED) is 0.368. The molecule has 0 N–H and O–H groups in total. The zero-order valence-electron chi connectivity index (χ0n) is 17.4. The molecular weight excluding hydrogens is 459 g/mol. The average molecular weight is 474 g/mol. The van der Waals surface area contributed by atoms with Crippen molar-refractivity contribution in [3.63, 3.8) is 0 Å². The van der Waals surface area contributed by atoms with E-state index in [9.17, 15) is 29.8 Å². The van der Waals surface area contributed by atoms with Gasteiger partial charge in [0.1, 0.15) is 6.10 Å². The van der Waals surface area contributed by atoms with E-state index in [1.54, 1.807) is 0 Å². The average Bonchev–Trinajstić information content (AvgIpc) is 3.36. The van der Waals surface area contributed by atoms with E-state index in [2.05, 4.69) is 0 Å². The molecule has 12 nitrogen and oxygen atoms in total.